The van der Waals surface area contributed by atoms with Crippen LogP contribution in [0.4, 0.5) is 4.39 Å². The Kier molecular flexibility index (Phi) is 4.50. The van der Waals surface area contributed by atoms with Crippen LogP contribution in [0.2, 0.25) is 0 Å². The summed E-state index contributed by atoms with van der Waals surface area (Å²) in [6, 6.07) is 7.64. The SMILES string of the molecule is Cc1ccnc(C2CCN(C(=O)COc3cccc(F)c3)C2)n1. The highest BCUT2D eigenvalue weighted by atomic mass is 19.1. The van der Waals surface area contributed by atoms with E-state index >= 15 is 0 Å². The van der Waals surface area contributed by atoms with E-state index in [-0.39, 0.29) is 24.2 Å². The fourth-order valence-electron chi connectivity index (χ4n) is 2.66. The number of amides is 1. The lowest BCUT2D eigenvalue weighted by molar-refractivity contribution is -0.132. The Balaban J connectivity index is 1.55. The zero-order valence-corrected chi connectivity index (χ0v) is 12.9. The number of rotatable bonds is 4. The number of likely N-dealkylation sites (tertiary alicyclic amines) is 1. The molecule has 0 radical (unpaired) electrons. The molecule has 1 aliphatic heterocycles. The third kappa shape index (κ3) is 3.83. The van der Waals surface area contributed by atoms with Crippen molar-refractivity contribution in [1.82, 2.24) is 14.9 Å². The minimum absolute atomic E-state index is 0.0924. The highest BCUT2D eigenvalue weighted by Crippen LogP contribution is 2.24. The van der Waals surface area contributed by atoms with Gasteiger partial charge in [-0.05, 0) is 31.5 Å². The minimum atomic E-state index is -0.382. The summed E-state index contributed by atoms with van der Waals surface area (Å²) in [5.74, 6) is 0.813. The first-order valence-electron chi connectivity index (χ1n) is 7.57. The molecule has 1 amide bonds. The topological polar surface area (TPSA) is 55.3 Å². The lowest BCUT2D eigenvalue weighted by Crippen LogP contribution is -2.33. The van der Waals surface area contributed by atoms with Crippen LogP contribution in [-0.2, 0) is 4.79 Å². The number of aryl methyl sites for hydroxylation is 1. The molecule has 1 atom stereocenters. The summed E-state index contributed by atoms with van der Waals surface area (Å²) in [6.45, 7) is 3.09. The van der Waals surface area contributed by atoms with Crippen LogP contribution >= 0.6 is 0 Å². The molecule has 2 aromatic rings. The second kappa shape index (κ2) is 6.73. The van der Waals surface area contributed by atoms with Gasteiger partial charge < -0.3 is 9.64 Å². The van der Waals surface area contributed by atoms with Crippen molar-refractivity contribution in [2.45, 2.75) is 19.3 Å². The Labute approximate surface area is 134 Å². The number of benzene rings is 1. The highest BCUT2D eigenvalue weighted by Gasteiger charge is 2.29. The second-order valence-electron chi connectivity index (χ2n) is 5.63. The van der Waals surface area contributed by atoms with Crippen LogP contribution < -0.4 is 4.74 Å². The molecule has 1 fully saturated rings. The number of carbonyl (C=O) groups excluding carboxylic acids is 1. The second-order valence-corrected chi connectivity index (χ2v) is 5.63. The van der Waals surface area contributed by atoms with Gasteiger partial charge in [0, 0.05) is 37.0 Å². The molecule has 0 bridgehead atoms. The Hall–Kier alpha value is -2.50. The van der Waals surface area contributed by atoms with Crippen molar-refractivity contribution in [2.24, 2.45) is 0 Å². The van der Waals surface area contributed by atoms with Gasteiger partial charge in [0.25, 0.3) is 5.91 Å². The molecule has 23 heavy (non-hydrogen) atoms. The predicted molar refractivity (Wildman–Crippen MR) is 82.6 cm³/mol. The summed E-state index contributed by atoms with van der Waals surface area (Å²) in [5, 5.41) is 0. The Morgan fingerprint density at radius 1 is 1.43 bits per heavy atom. The molecule has 2 heterocycles. The smallest absolute Gasteiger partial charge is 0.260 e. The molecule has 1 aliphatic rings. The molecule has 0 aliphatic carbocycles. The normalized spacial score (nSPS) is 17.3. The van der Waals surface area contributed by atoms with E-state index in [0.717, 1.165) is 17.9 Å². The highest BCUT2D eigenvalue weighted by molar-refractivity contribution is 5.78. The third-order valence-corrected chi connectivity index (χ3v) is 3.88. The van der Waals surface area contributed by atoms with E-state index in [0.29, 0.717) is 18.8 Å². The van der Waals surface area contributed by atoms with Gasteiger partial charge in [-0.1, -0.05) is 6.07 Å². The van der Waals surface area contributed by atoms with Crippen LogP contribution in [0.25, 0.3) is 0 Å². The molecule has 0 spiro atoms. The largest absolute Gasteiger partial charge is 0.484 e. The Morgan fingerprint density at radius 2 is 2.30 bits per heavy atom. The van der Waals surface area contributed by atoms with Crippen LogP contribution in [0, 0.1) is 12.7 Å². The molecule has 0 N–H and O–H groups in total. The number of ether oxygens (including phenoxy) is 1. The zero-order chi connectivity index (χ0) is 16.2. The van der Waals surface area contributed by atoms with Crippen molar-refractivity contribution in [1.29, 1.82) is 0 Å². The van der Waals surface area contributed by atoms with Gasteiger partial charge in [0.2, 0.25) is 0 Å². The molecule has 3 rings (SSSR count). The van der Waals surface area contributed by atoms with E-state index in [2.05, 4.69) is 9.97 Å². The minimum Gasteiger partial charge on any atom is -0.484 e. The van der Waals surface area contributed by atoms with E-state index in [1.54, 1.807) is 23.2 Å². The first-order valence-corrected chi connectivity index (χ1v) is 7.57. The molecule has 1 aromatic carbocycles. The van der Waals surface area contributed by atoms with Gasteiger partial charge in [0.15, 0.2) is 6.61 Å². The average molecular weight is 315 g/mol. The van der Waals surface area contributed by atoms with E-state index in [1.165, 1.54) is 12.1 Å². The maximum Gasteiger partial charge on any atom is 0.260 e. The van der Waals surface area contributed by atoms with Crippen molar-refractivity contribution in [3.05, 3.63) is 53.9 Å². The Morgan fingerprint density at radius 3 is 3.09 bits per heavy atom. The van der Waals surface area contributed by atoms with E-state index in [9.17, 15) is 9.18 Å². The van der Waals surface area contributed by atoms with Gasteiger partial charge in [0.1, 0.15) is 17.4 Å². The van der Waals surface area contributed by atoms with Crippen molar-refractivity contribution in [3.63, 3.8) is 0 Å². The fourth-order valence-corrected chi connectivity index (χ4v) is 2.66. The van der Waals surface area contributed by atoms with Gasteiger partial charge in [0.05, 0.1) is 0 Å². The maximum absolute atomic E-state index is 13.1. The number of hydrogen-bond acceptors (Lipinski definition) is 4. The molecular formula is C17H18FN3O2. The third-order valence-electron chi connectivity index (χ3n) is 3.88. The number of nitrogens with zero attached hydrogens (tertiary/aromatic N) is 3. The molecular weight excluding hydrogens is 297 g/mol. The summed E-state index contributed by atoms with van der Waals surface area (Å²) < 4.78 is 18.4. The number of halogens is 1. The molecule has 1 unspecified atom stereocenters. The van der Waals surface area contributed by atoms with E-state index in [1.807, 2.05) is 13.0 Å². The molecule has 0 saturated carbocycles. The molecule has 5 nitrogen and oxygen atoms in total. The lowest BCUT2D eigenvalue weighted by Gasteiger charge is -2.16. The molecule has 120 valence electrons. The van der Waals surface area contributed by atoms with Gasteiger partial charge in [-0.25, -0.2) is 14.4 Å². The monoisotopic (exact) mass is 315 g/mol. The lowest BCUT2D eigenvalue weighted by atomic mass is 10.1. The first kappa shape index (κ1) is 15.4. The summed E-state index contributed by atoms with van der Waals surface area (Å²) in [5.41, 5.74) is 0.925. The van der Waals surface area contributed by atoms with Gasteiger partial charge in [-0.15, -0.1) is 0 Å². The Bertz CT molecular complexity index is 708. The van der Waals surface area contributed by atoms with Crippen LogP contribution in [0.15, 0.2) is 36.5 Å². The van der Waals surface area contributed by atoms with Crippen molar-refractivity contribution < 1.29 is 13.9 Å². The van der Waals surface area contributed by atoms with Gasteiger partial charge in [-0.3, -0.25) is 4.79 Å². The zero-order valence-electron chi connectivity index (χ0n) is 12.9. The molecule has 1 saturated heterocycles. The number of aromatic nitrogens is 2. The summed E-state index contributed by atoms with van der Waals surface area (Å²) in [6.07, 6.45) is 2.59. The van der Waals surface area contributed by atoms with Gasteiger partial charge in [-0.2, -0.15) is 0 Å². The maximum atomic E-state index is 13.1. The summed E-state index contributed by atoms with van der Waals surface area (Å²) in [4.78, 5) is 22.7. The van der Waals surface area contributed by atoms with Crippen LogP contribution in [0.1, 0.15) is 23.9 Å². The number of hydrogen-bond donors (Lipinski definition) is 0. The van der Waals surface area contributed by atoms with Crippen LogP contribution in [-0.4, -0.2) is 40.5 Å². The molecule has 6 heteroatoms. The standard InChI is InChI=1S/C17H18FN3O2/c1-12-5-7-19-17(20-12)13-6-8-21(10-13)16(22)11-23-15-4-2-3-14(18)9-15/h2-5,7,9,13H,6,8,10-11H2,1H3. The molecule has 1 aromatic heterocycles. The predicted octanol–water partition coefficient (Wildman–Crippen LogP) is 2.32. The van der Waals surface area contributed by atoms with Crippen LogP contribution in [0.5, 0.6) is 5.75 Å². The van der Waals surface area contributed by atoms with Gasteiger partial charge >= 0.3 is 0 Å². The summed E-state index contributed by atoms with van der Waals surface area (Å²) in [7, 11) is 0. The quantitative estimate of drug-likeness (QED) is 0.869. The summed E-state index contributed by atoms with van der Waals surface area (Å²) >= 11 is 0. The van der Waals surface area contributed by atoms with Crippen molar-refractivity contribution >= 4 is 5.91 Å². The van der Waals surface area contributed by atoms with Crippen molar-refractivity contribution in [2.75, 3.05) is 19.7 Å². The fraction of sp³-hybridized carbons (Fsp3) is 0.353. The van der Waals surface area contributed by atoms with E-state index < -0.39 is 0 Å². The van der Waals surface area contributed by atoms with E-state index in [4.69, 9.17) is 4.74 Å². The first-order chi connectivity index (χ1) is 11.1. The van der Waals surface area contributed by atoms with Crippen molar-refractivity contribution in [3.8, 4) is 5.75 Å². The van der Waals surface area contributed by atoms with Crippen LogP contribution in [0.3, 0.4) is 0 Å². The average Bonchev–Trinajstić information content (AvgIpc) is 3.03. The number of carbonyl (C=O) groups is 1.